The van der Waals surface area contributed by atoms with E-state index < -0.39 is 6.36 Å². The van der Waals surface area contributed by atoms with E-state index in [1.165, 1.54) is 0 Å². The molecule has 1 saturated heterocycles. The molecule has 18 heavy (non-hydrogen) atoms. The number of halogens is 3. The Bertz CT molecular complexity index is 272. The zero-order valence-electron chi connectivity index (χ0n) is 10.6. The van der Waals surface area contributed by atoms with Crippen molar-refractivity contribution >= 4 is 0 Å². The van der Waals surface area contributed by atoms with Crippen LogP contribution in [0.3, 0.4) is 0 Å². The second kappa shape index (κ2) is 6.84. The minimum atomic E-state index is -4.55. The molecule has 0 aromatic heterocycles. The van der Waals surface area contributed by atoms with Crippen molar-refractivity contribution in [1.82, 2.24) is 4.90 Å². The van der Waals surface area contributed by atoms with E-state index in [4.69, 9.17) is 0 Å². The Morgan fingerprint density at radius 1 is 1.33 bits per heavy atom. The molecule has 2 rings (SSSR count). The fourth-order valence-corrected chi connectivity index (χ4v) is 2.44. The molecule has 1 aliphatic heterocycles. The number of nitrogens with zero attached hydrogens (tertiary/aromatic N) is 1. The fraction of sp³-hybridized carbons (Fsp3) is 1.00. The largest absolute Gasteiger partial charge is 1.00 e. The Labute approximate surface area is 147 Å². The second-order valence-corrected chi connectivity index (χ2v) is 5.17. The van der Waals surface area contributed by atoms with Gasteiger partial charge in [-0.05, 0) is 37.6 Å². The first-order valence-electron chi connectivity index (χ1n) is 5.97. The summed E-state index contributed by atoms with van der Waals surface area (Å²) in [6.07, 6.45) is -1.10. The molecule has 7 heteroatoms. The van der Waals surface area contributed by atoms with Gasteiger partial charge in [0.05, 0.1) is 6.61 Å². The van der Waals surface area contributed by atoms with Crippen LogP contribution in [-0.4, -0.2) is 43.6 Å². The van der Waals surface area contributed by atoms with Gasteiger partial charge in [-0.1, -0.05) is 0 Å². The van der Waals surface area contributed by atoms with Gasteiger partial charge in [-0.25, -0.2) is 0 Å². The minimum absolute atomic E-state index is 0. The SMILES string of the molecule is [K+].[O-]CC1(CN2CCCC2COC(F)(F)F)CC1. The van der Waals surface area contributed by atoms with Crippen LogP contribution in [0.15, 0.2) is 0 Å². The summed E-state index contributed by atoms with van der Waals surface area (Å²) in [6.45, 7) is 1.00. The van der Waals surface area contributed by atoms with Crippen LogP contribution in [0.4, 0.5) is 13.2 Å². The predicted molar refractivity (Wildman–Crippen MR) is 53.1 cm³/mol. The molecule has 2 aliphatic rings. The van der Waals surface area contributed by atoms with Gasteiger partial charge >= 0.3 is 57.7 Å². The van der Waals surface area contributed by atoms with E-state index in [0.29, 0.717) is 6.54 Å². The molecule has 2 fully saturated rings. The number of likely N-dealkylation sites (tertiary alicyclic amines) is 1. The molecule has 1 aliphatic carbocycles. The van der Waals surface area contributed by atoms with Gasteiger partial charge in [0, 0.05) is 12.6 Å². The van der Waals surface area contributed by atoms with Crippen LogP contribution >= 0.6 is 0 Å². The maximum atomic E-state index is 12.0. The molecule has 0 bridgehead atoms. The molecular formula is C11H17F3KNO2. The van der Waals surface area contributed by atoms with E-state index in [-0.39, 0.29) is 76.1 Å². The molecule has 0 radical (unpaired) electrons. The molecule has 1 heterocycles. The van der Waals surface area contributed by atoms with Gasteiger partial charge in [-0.15, -0.1) is 19.8 Å². The Morgan fingerprint density at radius 2 is 2.00 bits per heavy atom. The number of ether oxygens (including phenoxy) is 1. The van der Waals surface area contributed by atoms with Gasteiger partial charge in [0.25, 0.3) is 0 Å². The Balaban J connectivity index is 0.00000162. The third-order valence-corrected chi connectivity index (χ3v) is 3.74. The number of hydrogen-bond acceptors (Lipinski definition) is 3. The van der Waals surface area contributed by atoms with Gasteiger partial charge < -0.3 is 5.11 Å². The molecule has 100 valence electrons. The summed E-state index contributed by atoms with van der Waals surface area (Å²) in [4.78, 5) is 2.00. The van der Waals surface area contributed by atoms with Crippen molar-refractivity contribution < 1.29 is 74.4 Å². The first-order valence-corrected chi connectivity index (χ1v) is 5.97. The van der Waals surface area contributed by atoms with Crippen molar-refractivity contribution in [3.8, 4) is 0 Å². The van der Waals surface area contributed by atoms with Crippen molar-refractivity contribution in [2.45, 2.75) is 38.1 Å². The molecule has 0 N–H and O–H groups in total. The monoisotopic (exact) mass is 291 g/mol. The van der Waals surface area contributed by atoms with Crippen molar-refractivity contribution in [3.63, 3.8) is 0 Å². The van der Waals surface area contributed by atoms with Crippen molar-refractivity contribution in [2.75, 3.05) is 26.3 Å². The summed E-state index contributed by atoms with van der Waals surface area (Å²) in [6, 6.07) is -0.180. The van der Waals surface area contributed by atoms with E-state index in [1.807, 2.05) is 4.90 Å². The summed E-state index contributed by atoms with van der Waals surface area (Å²) >= 11 is 0. The zero-order valence-corrected chi connectivity index (χ0v) is 13.8. The zero-order chi connectivity index (χ0) is 12.5. The first kappa shape index (κ1) is 17.4. The molecule has 1 atom stereocenters. The topological polar surface area (TPSA) is 35.5 Å². The number of alkyl halides is 3. The third kappa shape index (κ3) is 5.01. The summed E-state index contributed by atoms with van der Waals surface area (Å²) in [7, 11) is 0. The second-order valence-electron chi connectivity index (χ2n) is 5.17. The van der Waals surface area contributed by atoms with Crippen LogP contribution in [-0.2, 0) is 4.74 Å². The van der Waals surface area contributed by atoms with Crippen LogP contribution in [0.2, 0.25) is 0 Å². The summed E-state index contributed by atoms with van der Waals surface area (Å²) in [5.74, 6) is 0. The maximum Gasteiger partial charge on any atom is 1.00 e. The van der Waals surface area contributed by atoms with E-state index >= 15 is 0 Å². The molecule has 0 amide bonds. The van der Waals surface area contributed by atoms with E-state index in [2.05, 4.69) is 4.74 Å². The van der Waals surface area contributed by atoms with Crippen LogP contribution < -0.4 is 56.5 Å². The number of hydrogen-bond donors (Lipinski definition) is 0. The van der Waals surface area contributed by atoms with Crippen LogP contribution in [0.1, 0.15) is 25.7 Å². The molecule has 0 spiro atoms. The summed E-state index contributed by atoms with van der Waals surface area (Å²) < 4.78 is 39.8. The van der Waals surface area contributed by atoms with E-state index in [0.717, 1.165) is 32.2 Å². The fourth-order valence-electron chi connectivity index (χ4n) is 2.44. The molecule has 1 unspecified atom stereocenters. The van der Waals surface area contributed by atoms with Gasteiger partial charge in [-0.3, -0.25) is 9.64 Å². The average molecular weight is 291 g/mol. The number of rotatable bonds is 5. The quantitative estimate of drug-likeness (QED) is 0.557. The minimum Gasteiger partial charge on any atom is -0.854 e. The van der Waals surface area contributed by atoms with E-state index in [9.17, 15) is 18.3 Å². The van der Waals surface area contributed by atoms with Crippen LogP contribution in [0.5, 0.6) is 0 Å². The van der Waals surface area contributed by atoms with Gasteiger partial charge in [0.15, 0.2) is 0 Å². The third-order valence-electron chi connectivity index (χ3n) is 3.74. The van der Waals surface area contributed by atoms with Crippen LogP contribution in [0, 0.1) is 5.41 Å². The Morgan fingerprint density at radius 3 is 2.50 bits per heavy atom. The summed E-state index contributed by atoms with van der Waals surface area (Å²) in [5.41, 5.74) is -0.152. The van der Waals surface area contributed by atoms with Crippen molar-refractivity contribution in [2.24, 2.45) is 5.41 Å². The standard InChI is InChI=1S/C11H17F3NO2.K/c12-11(13,14)17-6-9-2-1-5-15(9)7-10(8-16)3-4-10;/h9H,1-8H2;/q-1;+1. The van der Waals surface area contributed by atoms with E-state index in [1.54, 1.807) is 0 Å². The van der Waals surface area contributed by atoms with Crippen molar-refractivity contribution in [3.05, 3.63) is 0 Å². The molecular weight excluding hydrogens is 274 g/mol. The molecule has 0 aromatic carbocycles. The van der Waals surface area contributed by atoms with Gasteiger partial charge in [-0.2, -0.15) is 0 Å². The van der Waals surface area contributed by atoms with Crippen LogP contribution in [0.25, 0.3) is 0 Å². The molecule has 3 nitrogen and oxygen atoms in total. The Hall–Kier alpha value is 1.31. The normalized spacial score (nSPS) is 27.0. The maximum absolute atomic E-state index is 12.0. The van der Waals surface area contributed by atoms with Gasteiger partial charge in [0.2, 0.25) is 0 Å². The molecule has 0 aromatic rings. The molecule has 1 saturated carbocycles. The smallest absolute Gasteiger partial charge is 0.854 e. The van der Waals surface area contributed by atoms with Crippen molar-refractivity contribution in [1.29, 1.82) is 0 Å². The predicted octanol–water partition coefficient (Wildman–Crippen LogP) is -1.87. The Kier molecular flexibility index (Phi) is 6.60. The average Bonchev–Trinajstić information content (AvgIpc) is 2.87. The summed E-state index contributed by atoms with van der Waals surface area (Å²) in [5, 5.41) is 11.0. The van der Waals surface area contributed by atoms with Gasteiger partial charge in [0.1, 0.15) is 0 Å². The first-order chi connectivity index (χ1) is 7.94.